The minimum Gasteiger partial charge on any atom is -0.328 e. The number of benzene rings is 1. The number of carbonyl (C=O) groups excluding carboxylic acids is 1. The lowest BCUT2D eigenvalue weighted by molar-refractivity contribution is -1.01. The Morgan fingerprint density at radius 1 is 1.15 bits per heavy atom. The van der Waals surface area contributed by atoms with Crippen LogP contribution in [-0.4, -0.2) is 43.6 Å². The number of aromatic nitrogens is 1. The van der Waals surface area contributed by atoms with E-state index in [0.29, 0.717) is 0 Å². The number of rotatable bonds is 5. The number of carbonyl (C=O) groups is 1. The molecule has 4 rings (SSSR count). The zero-order chi connectivity index (χ0) is 17.9. The van der Waals surface area contributed by atoms with Crippen LogP contribution in [0.4, 0.5) is 0 Å². The smallest absolute Gasteiger partial charge is 0.195 e. The number of hydrogen-bond donors (Lipinski definition) is 2. The van der Waals surface area contributed by atoms with Crippen LogP contribution in [0.5, 0.6) is 0 Å². The second-order valence-electron chi connectivity index (χ2n) is 7.11. The molecule has 0 saturated carbocycles. The fraction of sp³-hybridized carbons (Fsp3) is 0.286. The van der Waals surface area contributed by atoms with E-state index in [-0.39, 0.29) is 5.78 Å². The number of fused-ring (bicyclic) bond motifs is 1. The van der Waals surface area contributed by atoms with Crippen LogP contribution < -0.4 is 9.80 Å². The van der Waals surface area contributed by atoms with Crippen LogP contribution in [0, 0.1) is 0 Å². The summed E-state index contributed by atoms with van der Waals surface area (Å²) in [4.78, 5) is 16.3. The molecule has 0 radical (unpaired) electrons. The van der Waals surface area contributed by atoms with Crippen molar-refractivity contribution in [2.45, 2.75) is 6.67 Å². The highest BCUT2D eigenvalue weighted by Crippen LogP contribution is 2.22. The highest BCUT2D eigenvalue weighted by molar-refractivity contribution is 7.12. The normalized spacial score (nSPS) is 20.8. The van der Waals surface area contributed by atoms with Gasteiger partial charge in [-0.1, -0.05) is 24.3 Å². The summed E-state index contributed by atoms with van der Waals surface area (Å²) in [5.74, 6) is 0.0736. The Labute approximate surface area is 157 Å². The fourth-order valence-corrected chi connectivity index (χ4v) is 4.28. The van der Waals surface area contributed by atoms with Gasteiger partial charge < -0.3 is 9.80 Å². The number of ketones is 1. The predicted octanol–water partition coefficient (Wildman–Crippen LogP) is 0.970. The van der Waals surface area contributed by atoms with Crippen molar-refractivity contribution in [2.75, 3.05) is 33.2 Å². The van der Waals surface area contributed by atoms with Gasteiger partial charge in [0.2, 0.25) is 0 Å². The van der Waals surface area contributed by atoms with Crippen molar-refractivity contribution in [3.63, 3.8) is 0 Å². The van der Waals surface area contributed by atoms with Crippen molar-refractivity contribution in [3.05, 3.63) is 64.5 Å². The molecule has 0 bridgehead atoms. The molecule has 3 aromatic rings. The SMILES string of the molecule is C[NH+]1CC[NH+](Cn2cc(/C=C/C(=O)c3cccs3)c3ccccc32)CC1. The summed E-state index contributed by atoms with van der Waals surface area (Å²) in [5.41, 5.74) is 2.36. The Morgan fingerprint density at radius 2 is 1.96 bits per heavy atom. The minimum atomic E-state index is 0.0736. The van der Waals surface area contributed by atoms with Gasteiger partial charge in [-0.05, 0) is 29.7 Å². The standard InChI is InChI=1S/C21H23N3OS/c1-22-10-12-23(13-11-22)16-24-15-17(18-5-2-3-6-19(18)24)8-9-20(25)21-7-4-14-26-21/h2-9,14-15H,10-13,16H2,1H3/p+2/b9-8+. The van der Waals surface area contributed by atoms with Crippen LogP contribution in [0.2, 0.25) is 0 Å². The van der Waals surface area contributed by atoms with E-state index in [9.17, 15) is 4.79 Å². The molecule has 1 aliphatic rings. The summed E-state index contributed by atoms with van der Waals surface area (Å²) in [6, 6.07) is 12.3. The van der Waals surface area contributed by atoms with Crippen molar-refractivity contribution >= 4 is 34.1 Å². The molecule has 1 aliphatic heterocycles. The molecular formula is C21H25N3OS+2. The molecular weight excluding hydrogens is 342 g/mol. The molecule has 1 saturated heterocycles. The molecule has 0 unspecified atom stereocenters. The first-order chi connectivity index (χ1) is 12.7. The zero-order valence-corrected chi connectivity index (χ0v) is 15.9. The molecule has 26 heavy (non-hydrogen) atoms. The Hall–Kier alpha value is -2.21. The summed E-state index contributed by atoms with van der Waals surface area (Å²) in [6.07, 6.45) is 5.86. The first-order valence-corrected chi connectivity index (χ1v) is 10.1. The van der Waals surface area contributed by atoms with Gasteiger partial charge in [-0.25, -0.2) is 0 Å². The third kappa shape index (κ3) is 3.65. The van der Waals surface area contributed by atoms with E-state index in [4.69, 9.17) is 0 Å². The maximum Gasteiger partial charge on any atom is 0.195 e. The highest BCUT2D eigenvalue weighted by atomic mass is 32.1. The third-order valence-electron chi connectivity index (χ3n) is 5.20. The van der Waals surface area contributed by atoms with E-state index in [1.807, 2.05) is 23.6 Å². The van der Waals surface area contributed by atoms with Crippen LogP contribution >= 0.6 is 11.3 Å². The first kappa shape index (κ1) is 17.2. The van der Waals surface area contributed by atoms with Crippen molar-refractivity contribution in [3.8, 4) is 0 Å². The molecule has 0 spiro atoms. The molecule has 2 aromatic heterocycles. The fourth-order valence-electron chi connectivity index (χ4n) is 3.63. The van der Waals surface area contributed by atoms with E-state index < -0.39 is 0 Å². The van der Waals surface area contributed by atoms with Gasteiger partial charge in [0, 0.05) is 17.1 Å². The van der Waals surface area contributed by atoms with Gasteiger partial charge in [0.15, 0.2) is 12.5 Å². The van der Waals surface area contributed by atoms with Gasteiger partial charge in [0.1, 0.15) is 26.2 Å². The molecule has 0 amide bonds. The minimum absolute atomic E-state index is 0.0736. The van der Waals surface area contributed by atoms with E-state index in [1.54, 1.807) is 15.9 Å². The van der Waals surface area contributed by atoms with Gasteiger partial charge in [0.05, 0.1) is 17.4 Å². The van der Waals surface area contributed by atoms with Crippen LogP contribution in [0.15, 0.2) is 54.1 Å². The number of piperazine rings is 1. The Morgan fingerprint density at radius 3 is 2.73 bits per heavy atom. The topological polar surface area (TPSA) is 30.9 Å². The lowest BCUT2D eigenvalue weighted by atomic mass is 10.1. The Balaban J connectivity index is 1.58. The van der Waals surface area contributed by atoms with Crippen LogP contribution in [-0.2, 0) is 6.67 Å². The number of quaternary nitrogens is 2. The second-order valence-corrected chi connectivity index (χ2v) is 8.06. The lowest BCUT2D eigenvalue weighted by Crippen LogP contribution is -3.26. The van der Waals surface area contributed by atoms with Gasteiger partial charge >= 0.3 is 0 Å². The van der Waals surface area contributed by atoms with E-state index >= 15 is 0 Å². The highest BCUT2D eigenvalue weighted by Gasteiger charge is 2.20. The van der Waals surface area contributed by atoms with Crippen LogP contribution in [0.1, 0.15) is 15.2 Å². The number of allylic oxidation sites excluding steroid dienone is 1. The van der Waals surface area contributed by atoms with Gasteiger partial charge in [-0.15, -0.1) is 11.3 Å². The first-order valence-electron chi connectivity index (χ1n) is 9.19. The number of thiophene rings is 1. The third-order valence-corrected chi connectivity index (χ3v) is 6.09. The number of nitrogens with one attached hydrogen (secondary N) is 2. The largest absolute Gasteiger partial charge is 0.328 e. The number of hydrogen-bond acceptors (Lipinski definition) is 2. The van der Waals surface area contributed by atoms with Gasteiger partial charge in [-0.2, -0.15) is 0 Å². The molecule has 134 valence electrons. The lowest BCUT2D eigenvalue weighted by Gasteiger charge is -2.27. The Kier molecular flexibility index (Phi) is 5.02. The Bertz CT molecular complexity index is 918. The maximum absolute atomic E-state index is 12.3. The molecule has 2 N–H and O–H groups in total. The average Bonchev–Trinajstić information content (AvgIpc) is 3.31. The number of likely N-dealkylation sites (N-methyl/N-ethyl adjacent to an activating group) is 1. The van der Waals surface area contributed by atoms with E-state index in [1.165, 1.54) is 48.4 Å². The van der Waals surface area contributed by atoms with Crippen molar-refractivity contribution in [1.29, 1.82) is 0 Å². The predicted molar refractivity (Wildman–Crippen MR) is 107 cm³/mol. The molecule has 5 heteroatoms. The van der Waals surface area contributed by atoms with Crippen molar-refractivity contribution in [2.24, 2.45) is 0 Å². The molecule has 1 aromatic carbocycles. The van der Waals surface area contributed by atoms with Crippen LogP contribution in [0.25, 0.3) is 17.0 Å². The summed E-state index contributed by atoms with van der Waals surface area (Å²) in [7, 11) is 2.27. The monoisotopic (exact) mass is 367 g/mol. The summed E-state index contributed by atoms with van der Waals surface area (Å²) >= 11 is 1.49. The molecule has 3 heterocycles. The molecule has 4 nitrogen and oxygen atoms in total. The molecule has 0 atom stereocenters. The van der Waals surface area contributed by atoms with Crippen molar-refractivity contribution < 1.29 is 14.6 Å². The van der Waals surface area contributed by atoms with Crippen LogP contribution in [0.3, 0.4) is 0 Å². The quantitative estimate of drug-likeness (QED) is 0.511. The van der Waals surface area contributed by atoms with Gasteiger partial charge in [-0.3, -0.25) is 9.36 Å². The summed E-state index contributed by atoms with van der Waals surface area (Å²) < 4.78 is 2.35. The number of nitrogens with zero attached hydrogens (tertiary/aromatic N) is 1. The zero-order valence-electron chi connectivity index (χ0n) is 15.1. The van der Waals surface area contributed by atoms with Gasteiger partial charge in [0.25, 0.3) is 0 Å². The van der Waals surface area contributed by atoms with Crippen molar-refractivity contribution in [1.82, 2.24) is 4.57 Å². The second kappa shape index (κ2) is 7.58. The molecule has 1 fully saturated rings. The number of para-hydroxylation sites is 1. The summed E-state index contributed by atoms with van der Waals surface area (Å²) in [5, 5.41) is 3.15. The summed E-state index contributed by atoms with van der Waals surface area (Å²) in [6.45, 7) is 5.87. The van der Waals surface area contributed by atoms with E-state index in [0.717, 1.165) is 17.1 Å². The van der Waals surface area contributed by atoms with E-state index in [2.05, 4.69) is 42.1 Å². The maximum atomic E-state index is 12.3. The average molecular weight is 368 g/mol. The molecule has 0 aliphatic carbocycles.